The third-order valence-corrected chi connectivity index (χ3v) is 6.91. The van der Waals surface area contributed by atoms with Gasteiger partial charge in [-0.15, -0.1) is 11.3 Å². The van der Waals surface area contributed by atoms with Gasteiger partial charge in [0, 0.05) is 24.4 Å². The molecule has 0 N–H and O–H groups in total. The summed E-state index contributed by atoms with van der Waals surface area (Å²) in [6, 6.07) is 12.9. The maximum atomic E-state index is 10.1. The van der Waals surface area contributed by atoms with Crippen molar-refractivity contribution in [2.24, 2.45) is 0 Å². The van der Waals surface area contributed by atoms with Gasteiger partial charge in [0.15, 0.2) is 0 Å². The zero-order valence-electron chi connectivity index (χ0n) is 15.0. The average molecular weight is 376 g/mol. The Balaban J connectivity index is 1.60. The van der Waals surface area contributed by atoms with Gasteiger partial charge in [-0.25, -0.2) is 9.97 Å². The first kappa shape index (κ1) is 16.7. The summed E-state index contributed by atoms with van der Waals surface area (Å²) in [7, 11) is 0. The Kier molecular flexibility index (Phi) is 4.07. The van der Waals surface area contributed by atoms with E-state index in [1.807, 2.05) is 18.2 Å². The molecule has 2 aromatic heterocycles. The molecule has 0 radical (unpaired) electrons. The van der Waals surface area contributed by atoms with E-state index in [4.69, 9.17) is 4.74 Å². The highest BCUT2D eigenvalue weighted by atomic mass is 32.1. The van der Waals surface area contributed by atoms with Gasteiger partial charge in [0.1, 0.15) is 17.0 Å². The van der Waals surface area contributed by atoms with Crippen molar-refractivity contribution < 1.29 is 4.74 Å². The number of anilines is 1. The number of rotatable bonds is 2. The predicted octanol–water partition coefficient (Wildman–Crippen LogP) is 3.48. The molecule has 2 aliphatic rings. The van der Waals surface area contributed by atoms with E-state index in [9.17, 15) is 5.26 Å². The van der Waals surface area contributed by atoms with Gasteiger partial charge in [0.05, 0.1) is 30.1 Å². The van der Waals surface area contributed by atoms with Crippen LogP contribution in [0.4, 0.5) is 5.82 Å². The van der Waals surface area contributed by atoms with E-state index in [-0.39, 0.29) is 0 Å². The van der Waals surface area contributed by atoms with E-state index in [0.717, 1.165) is 61.8 Å². The molecule has 1 aromatic carbocycles. The van der Waals surface area contributed by atoms with Crippen LogP contribution >= 0.6 is 11.3 Å². The van der Waals surface area contributed by atoms with Crippen molar-refractivity contribution in [1.29, 1.82) is 5.26 Å². The first-order valence-electron chi connectivity index (χ1n) is 9.35. The summed E-state index contributed by atoms with van der Waals surface area (Å²) >= 11 is 1.73. The first-order chi connectivity index (χ1) is 13.3. The quantitative estimate of drug-likeness (QED) is 0.685. The number of aromatic nitrogens is 2. The number of morpholine rings is 1. The minimum atomic E-state index is -0.443. The molecular weight excluding hydrogens is 356 g/mol. The molecule has 1 atom stereocenters. The topological polar surface area (TPSA) is 62.0 Å². The number of benzene rings is 1. The smallest absolute Gasteiger partial charge is 0.141 e. The number of hydrogen-bond acceptors (Lipinski definition) is 6. The minimum Gasteiger partial charge on any atom is -0.378 e. The number of hydrogen-bond donors (Lipinski definition) is 0. The molecular formula is C21H20N4OS. The van der Waals surface area contributed by atoms with Crippen LogP contribution in [-0.2, 0) is 23.0 Å². The number of fused-ring (bicyclic) bond motifs is 3. The summed E-state index contributed by atoms with van der Waals surface area (Å²) in [4.78, 5) is 13.8. The van der Waals surface area contributed by atoms with E-state index >= 15 is 0 Å². The van der Waals surface area contributed by atoms with E-state index in [1.165, 1.54) is 15.8 Å². The zero-order chi connectivity index (χ0) is 18.3. The third kappa shape index (κ3) is 2.70. The van der Waals surface area contributed by atoms with Crippen LogP contribution in [-0.4, -0.2) is 36.3 Å². The van der Waals surface area contributed by atoms with Crippen LogP contribution in [0.2, 0.25) is 0 Å². The van der Waals surface area contributed by atoms with Gasteiger partial charge < -0.3 is 9.64 Å². The van der Waals surface area contributed by atoms with Gasteiger partial charge in [-0.2, -0.15) is 5.26 Å². The van der Waals surface area contributed by atoms with Gasteiger partial charge >= 0.3 is 0 Å². The van der Waals surface area contributed by atoms with Gasteiger partial charge in [-0.1, -0.05) is 30.3 Å². The highest BCUT2D eigenvalue weighted by Crippen LogP contribution is 2.45. The molecule has 6 heteroatoms. The van der Waals surface area contributed by atoms with Crippen LogP contribution in [0.15, 0.2) is 36.7 Å². The largest absolute Gasteiger partial charge is 0.378 e. The lowest BCUT2D eigenvalue weighted by molar-refractivity contribution is 0.122. The predicted molar refractivity (Wildman–Crippen MR) is 106 cm³/mol. The molecule has 1 saturated heterocycles. The summed E-state index contributed by atoms with van der Waals surface area (Å²) in [6.45, 7) is 3.21. The van der Waals surface area contributed by atoms with Crippen LogP contribution in [0, 0.1) is 11.3 Å². The number of nitriles is 1. The molecule has 0 bridgehead atoms. The maximum Gasteiger partial charge on any atom is 0.141 e. The number of aryl methyl sites for hydroxylation is 1. The molecule has 0 saturated carbocycles. The van der Waals surface area contributed by atoms with Gasteiger partial charge in [0.25, 0.3) is 0 Å². The van der Waals surface area contributed by atoms with Crippen LogP contribution in [0.1, 0.15) is 22.4 Å². The summed E-state index contributed by atoms with van der Waals surface area (Å²) in [5, 5.41) is 11.3. The fraction of sp³-hybridized carbons (Fsp3) is 0.381. The Labute approximate surface area is 162 Å². The van der Waals surface area contributed by atoms with Crippen molar-refractivity contribution in [3.05, 3.63) is 52.7 Å². The van der Waals surface area contributed by atoms with Crippen molar-refractivity contribution >= 4 is 27.4 Å². The summed E-state index contributed by atoms with van der Waals surface area (Å²) in [5.41, 5.74) is 2.02. The highest BCUT2D eigenvalue weighted by molar-refractivity contribution is 7.19. The maximum absolute atomic E-state index is 10.1. The fourth-order valence-electron chi connectivity index (χ4n) is 4.31. The Morgan fingerprint density at radius 3 is 2.74 bits per heavy atom. The molecule has 3 heterocycles. The van der Waals surface area contributed by atoms with E-state index < -0.39 is 5.41 Å². The molecule has 1 aliphatic heterocycles. The van der Waals surface area contributed by atoms with E-state index in [1.54, 1.807) is 17.7 Å². The molecule has 1 fully saturated rings. The van der Waals surface area contributed by atoms with Crippen molar-refractivity contribution in [2.75, 3.05) is 31.2 Å². The molecule has 27 heavy (non-hydrogen) atoms. The normalized spacial score (nSPS) is 22.4. The Bertz CT molecular complexity index is 1020. The Hall–Kier alpha value is -2.49. The third-order valence-electron chi connectivity index (χ3n) is 5.77. The zero-order valence-corrected chi connectivity index (χ0v) is 15.8. The van der Waals surface area contributed by atoms with Crippen molar-refractivity contribution in [1.82, 2.24) is 9.97 Å². The van der Waals surface area contributed by atoms with Crippen molar-refractivity contribution in [3.8, 4) is 6.07 Å². The van der Waals surface area contributed by atoms with Crippen LogP contribution in [0.5, 0.6) is 0 Å². The molecule has 3 aromatic rings. The molecule has 0 spiro atoms. The standard InChI is InChI=1S/C21H20N4OS/c22-13-21(15-4-2-1-3-5-15)7-6-16-17(12-21)27-20-18(16)19(23-14-24-20)25-8-10-26-11-9-25/h1-5,14H,6-12H2/t21-/m1/s1. The average Bonchev–Trinajstić information content (AvgIpc) is 3.12. The lowest BCUT2D eigenvalue weighted by Gasteiger charge is -2.32. The Morgan fingerprint density at radius 1 is 1.15 bits per heavy atom. The van der Waals surface area contributed by atoms with E-state index in [0.29, 0.717) is 0 Å². The highest BCUT2D eigenvalue weighted by Gasteiger charge is 2.38. The summed E-state index contributed by atoms with van der Waals surface area (Å²) in [5.74, 6) is 1.03. The monoisotopic (exact) mass is 376 g/mol. The first-order valence-corrected chi connectivity index (χ1v) is 10.2. The second-order valence-electron chi connectivity index (χ2n) is 7.22. The van der Waals surface area contributed by atoms with Gasteiger partial charge in [-0.05, 0) is 24.0 Å². The lowest BCUT2D eigenvalue weighted by Crippen LogP contribution is -2.37. The number of thiophene rings is 1. The van der Waals surface area contributed by atoms with Crippen LogP contribution < -0.4 is 4.90 Å². The lowest BCUT2D eigenvalue weighted by atomic mass is 9.70. The molecule has 5 rings (SSSR count). The molecule has 0 unspecified atom stereocenters. The van der Waals surface area contributed by atoms with Crippen molar-refractivity contribution in [2.45, 2.75) is 24.7 Å². The second kappa shape index (κ2) is 6.59. The van der Waals surface area contributed by atoms with Gasteiger partial charge in [-0.3, -0.25) is 0 Å². The summed E-state index contributed by atoms with van der Waals surface area (Å²) in [6.07, 6.45) is 4.16. The van der Waals surface area contributed by atoms with Crippen LogP contribution in [0.3, 0.4) is 0 Å². The number of ether oxygens (including phenoxy) is 1. The Morgan fingerprint density at radius 2 is 1.96 bits per heavy atom. The van der Waals surface area contributed by atoms with E-state index in [2.05, 4.69) is 33.1 Å². The number of nitrogens with zero attached hydrogens (tertiary/aromatic N) is 4. The molecule has 5 nitrogen and oxygen atoms in total. The van der Waals surface area contributed by atoms with Crippen molar-refractivity contribution in [3.63, 3.8) is 0 Å². The fourth-order valence-corrected chi connectivity index (χ4v) is 5.60. The minimum absolute atomic E-state index is 0.443. The molecule has 136 valence electrons. The molecule has 0 amide bonds. The SMILES string of the molecule is N#C[C@@]1(c2ccccc2)CCc2c(sc3ncnc(N4CCOCC4)c23)C1. The van der Waals surface area contributed by atoms with Gasteiger partial charge in [0.2, 0.25) is 0 Å². The molecule has 1 aliphatic carbocycles. The second-order valence-corrected chi connectivity index (χ2v) is 8.30. The van der Waals surface area contributed by atoms with Crippen LogP contribution in [0.25, 0.3) is 10.2 Å². The summed E-state index contributed by atoms with van der Waals surface area (Å²) < 4.78 is 5.50.